The molecule has 5 heteroatoms. The van der Waals surface area contributed by atoms with Crippen molar-refractivity contribution in [3.63, 3.8) is 0 Å². The second-order valence-corrected chi connectivity index (χ2v) is 1.86. The fourth-order valence-corrected chi connectivity index (χ4v) is 0.0884. The Morgan fingerprint density at radius 1 is 1.00 bits per heavy atom. The Kier molecular flexibility index (Phi) is 70.6. The van der Waals surface area contributed by atoms with Crippen molar-refractivity contribution in [2.45, 2.75) is 21.8 Å². The summed E-state index contributed by atoms with van der Waals surface area (Å²) in [7, 11) is 8.46. The van der Waals surface area contributed by atoms with Gasteiger partial charge in [0.15, 0.2) is 0 Å². The van der Waals surface area contributed by atoms with Gasteiger partial charge in [0.1, 0.15) is 0 Å². The third kappa shape index (κ3) is 51.4. The van der Waals surface area contributed by atoms with E-state index in [1.165, 1.54) is 0 Å². The first-order valence-corrected chi connectivity index (χ1v) is 3.16. The van der Waals surface area contributed by atoms with E-state index in [1.54, 1.807) is 7.05 Å². The quantitative estimate of drug-likeness (QED) is 0.672. The average molecular weight is 365 g/mol. The molecule has 2 radical (unpaired) electrons. The average Bonchev–Trinajstić information content (AvgIpc) is 2.04. The molecule has 3 nitrogen and oxygen atoms in total. The first-order valence-electron chi connectivity index (χ1n) is 3.16. The summed E-state index contributed by atoms with van der Waals surface area (Å²) in [6.07, 6.45) is 0. The summed E-state index contributed by atoms with van der Waals surface area (Å²) < 4.78 is 0. The van der Waals surface area contributed by atoms with Crippen LogP contribution in [0.4, 0.5) is 0 Å². The van der Waals surface area contributed by atoms with Gasteiger partial charge >= 0.3 is 0 Å². The molecule has 0 aliphatic heterocycles. The maximum atomic E-state index is 3.51. The second kappa shape index (κ2) is 29.4. The van der Waals surface area contributed by atoms with Crippen LogP contribution in [0.3, 0.4) is 0 Å². The maximum Gasteiger partial charge on any atom is 0.0610 e. The molecule has 88 valence electrons. The minimum atomic E-state index is 0. The molecule has 0 heterocycles. The van der Waals surface area contributed by atoms with Crippen LogP contribution in [0.15, 0.2) is 24.7 Å². The summed E-state index contributed by atoms with van der Waals surface area (Å²) in [5.41, 5.74) is 0.894. The molecule has 0 aromatic heterocycles. The molecule has 0 aromatic carbocycles. The Morgan fingerprint density at radius 3 is 1.27 bits per heavy atom. The van der Waals surface area contributed by atoms with E-state index in [4.69, 9.17) is 0 Å². The molecule has 0 bridgehead atoms. The Morgan fingerprint density at radius 2 is 1.27 bits per heavy atom. The zero-order valence-corrected chi connectivity index (χ0v) is 14.2. The SMILES string of the molecule is C.C.C=C(C)N[CH2-].C=C(N[CH2-])NC.[Y].[Y]. The summed E-state index contributed by atoms with van der Waals surface area (Å²) in [4.78, 5) is 0. The van der Waals surface area contributed by atoms with Crippen molar-refractivity contribution < 1.29 is 65.4 Å². The Labute approximate surface area is 147 Å². The molecule has 0 unspecified atom stereocenters. The van der Waals surface area contributed by atoms with E-state index < -0.39 is 0 Å². The molecule has 0 spiro atoms. The van der Waals surface area contributed by atoms with Crippen molar-refractivity contribution in [2.24, 2.45) is 0 Å². The van der Waals surface area contributed by atoms with Crippen molar-refractivity contribution in [2.75, 3.05) is 7.05 Å². The van der Waals surface area contributed by atoms with E-state index in [1.807, 2.05) is 6.92 Å². The maximum absolute atomic E-state index is 3.51. The van der Waals surface area contributed by atoms with Crippen molar-refractivity contribution in [3.8, 4) is 0 Å². The zero-order chi connectivity index (χ0) is 9.28. The zero-order valence-electron chi connectivity index (χ0n) is 8.48. The molecular formula is C10H25N3Y2-2. The summed E-state index contributed by atoms with van der Waals surface area (Å²) in [5, 5.41) is 7.89. The smallest absolute Gasteiger partial charge is 0.0610 e. The Hall–Kier alpha value is 1.09. The first kappa shape index (κ1) is 36.0. The van der Waals surface area contributed by atoms with Crippen LogP contribution in [0.2, 0.25) is 0 Å². The molecule has 0 aliphatic carbocycles. The summed E-state index contributed by atoms with van der Waals surface area (Å²) in [5.74, 6) is 0.731. The van der Waals surface area contributed by atoms with Gasteiger partial charge in [0, 0.05) is 72.5 Å². The van der Waals surface area contributed by atoms with E-state index in [0.29, 0.717) is 0 Å². The van der Waals surface area contributed by atoms with Crippen molar-refractivity contribution in [3.05, 3.63) is 38.8 Å². The van der Waals surface area contributed by atoms with E-state index in [2.05, 4.69) is 43.2 Å². The molecule has 0 atom stereocenters. The van der Waals surface area contributed by atoms with Gasteiger partial charge in [-0.2, -0.15) is 0 Å². The minimum absolute atomic E-state index is 0. The van der Waals surface area contributed by atoms with Gasteiger partial charge in [-0.15, -0.1) is 0 Å². The van der Waals surface area contributed by atoms with Crippen LogP contribution in [0, 0.1) is 14.1 Å². The molecule has 0 saturated heterocycles. The van der Waals surface area contributed by atoms with Crippen molar-refractivity contribution in [1.29, 1.82) is 0 Å². The molecule has 0 fully saturated rings. The monoisotopic (exact) mass is 365 g/mol. The number of allylic oxidation sites excluding steroid dienone is 1. The number of hydrogen-bond donors (Lipinski definition) is 3. The minimum Gasteiger partial charge on any atom is -0.542 e. The third-order valence-electron chi connectivity index (χ3n) is 0.817. The fourth-order valence-electron chi connectivity index (χ4n) is 0.0884. The van der Waals surface area contributed by atoms with Gasteiger partial charge < -0.3 is 16.0 Å². The largest absolute Gasteiger partial charge is 0.542 e. The molecule has 0 rings (SSSR count). The second-order valence-electron chi connectivity index (χ2n) is 1.86. The van der Waals surface area contributed by atoms with Crippen LogP contribution in [0.5, 0.6) is 0 Å². The molecule has 0 aliphatic rings. The Bertz CT molecular complexity index is 122. The van der Waals surface area contributed by atoms with Gasteiger partial charge in [0.2, 0.25) is 0 Å². The van der Waals surface area contributed by atoms with Gasteiger partial charge in [-0.25, -0.2) is 0 Å². The number of hydrogen-bond acceptors (Lipinski definition) is 3. The summed E-state index contributed by atoms with van der Waals surface area (Å²) in [6.45, 7) is 8.86. The molecular weight excluding hydrogens is 340 g/mol. The van der Waals surface area contributed by atoms with Crippen LogP contribution in [0.1, 0.15) is 21.8 Å². The molecule has 0 amide bonds. The van der Waals surface area contributed by atoms with Crippen molar-refractivity contribution >= 4 is 0 Å². The normalized spacial score (nSPS) is 5.07. The Balaban J connectivity index is -0.0000000215. The van der Waals surface area contributed by atoms with Crippen LogP contribution in [-0.2, 0) is 65.4 Å². The van der Waals surface area contributed by atoms with Gasteiger partial charge in [-0.1, -0.05) is 28.0 Å². The van der Waals surface area contributed by atoms with E-state index in [9.17, 15) is 0 Å². The van der Waals surface area contributed by atoms with Gasteiger partial charge in [-0.3, -0.25) is 14.1 Å². The van der Waals surface area contributed by atoms with Gasteiger partial charge in [0.05, 0.1) is 5.82 Å². The first-order chi connectivity index (χ1) is 5.08. The van der Waals surface area contributed by atoms with E-state index in [0.717, 1.165) is 11.5 Å². The fraction of sp³-hybridized carbons (Fsp3) is 0.400. The van der Waals surface area contributed by atoms with Crippen LogP contribution >= 0.6 is 0 Å². The van der Waals surface area contributed by atoms with Crippen LogP contribution in [-0.4, -0.2) is 7.05 Å². The molecule has 0 saturated carbocycles. The summed E-state index contributed by atoms with van der Waals surface area (Å²) >= 11 is 0. The molecule has 3 N–H and O–H groups in total. The summed E-state index contributed by atoms with van der Waals surface area (Å²) in [6, 6.07) is 0. The predicted octanol–water partition coefficient (Wildman–Crippen LogP) is 2.23. The van der Waals surface area contributed by atoms with Crippen molar-refractivity contribution in [1.82, 2.24) is 16.0 Å². The van der Waals surface area contributed by atoms with Gasteiger partial charge in [-0.05, 0) is 12.6 Å². The predicted molar refractivity (Wildman–Crippen MR) is 63.5 cm³/mol. The number of nitrogens with one attached hydrogen (secondary N) is 3. The van der Waals surface area contributed by atoms with Crippen LogP contribution in [0.25, 0.3) is 0 Å². The molecule has 15 heavy (non-hydrogen) atoms. The number of rotatable bonds is 3. The van der Waals surface area contributed by atoms with E-state index in [-0.39, 0.29) is 80.3 Å². The third-order valence-corrected chi connectivity index (χ3v) is 0.817. The van der Waals surface area contributed by atoms with E-state index >= 15 is 0 Å². The standard InChI is InChI=1S/C4H9N2.C4H8N.2CH4.2Y/c1-4(5-2)6-3;1-4(2)5-3;;;;/h5-6H,1-2H2,3H3;5H,1,3H2,2H3;2*1H4;;/q2*-1;;;;. The van der Waals surface area contributed by atoms with Crippen LogP contribution < -0.4 is 16.0 Å². The topological polar surface area (TPSA) is 36.1 Å². The molecule has 0 aromatic rings. The van der Waals surface area contributed by atoms with Gasteiger partial charge in [0.25, 0.3) is 0 Å².